The minimum atomic E-state index is 0.114. The van der Waals surface area contributed by atoms with E-state index in [4.69, 9.17) is 15.0 Å². The Kier molecular flexibility index (Phi) is 9.35. The van der Waals surface area contributed by atoms with Crippen LogP contribution in [0.5, 0.6) is 0 Å². The van der Waals surface area contributed by atoms with Crippen LogP contribution in [0.25, 0.3) is 56.1 Å². The molecule has 58 heavy (non-hydrogen) atoms. The van der Waals surface area contributed by atoms with Gasteiger partial charge in [0.2, 0.25) is 0 Å². The predicted molar refractivity (Wildman–Crippen MR) is 237 cm³/mol. The lowest BCUT2D eigenvalue weighted by molar-refractivity contribution is 0.0779. The number of nitriles is 1. The summed E-state index contributed by atoms with van der Waals surface area (Å²) in [5.41, 5.74) is 9.40. The fourth-order valence-corrected chi connectivity index (χ4v) is 13.3. The van der Waals surface area contributed by atoms with Crippen LogP contribution in [0.1, 0.15) is 109 Å². The molecule has 10 rings (SSSR count). The molecule has 0 aliphatic heterocycles. The molecule has 4 aliphatic rings. The van der Waals surface area contributed by atoms with E-state index < -0.39 is 0 Å². The molecule has 1 aromatic heterocycles. The quantitative estimate of drug-likeness (QED) is 0.170. The van der Waals surface area contributed by atoms with Crippen LogP contribution in [0.3, 0.4) is 0 Å². The van der Waals surface area contributed by atoms with E-state index in [0.717, 1.165) is 57.0 Å². The lowest BCUT2D eigenvalue weighted by Crippen LogP contribution is -2.42. The van der Waals surface area contributed by atoms with Gasteiger partial charge in [-0.05, 0) is 168 Å². The summed E-state index contributed by atoms with van der Waals surface area (Å²) in [4.78, 5) is 15.9. The Labute approximate surface area is 345 Å². The van der Waals surface area contributed by atoms with Crippen LogP contribution in [-0.2, 0) is 10.8 Å². The first kappa shape index (κ1) is 37.2. The lowest BCUT2D eigenvalue weighted by atomic mass is 9.54. The zero-order chi connectivity index (χ0) is 39.6. The van der Waals surface area contributed by atoms with E-state index in [1.54, 1.807) is 0 Å². The minimum absolute atomic E-state index is 0.114. The van der Waals surface area contributed by atoms with Crippen molar-refractivity contribution in [2.24, 2.45) is 35.5 Å². The Bertz CT molecular complexity index is 2490. The molecule has 0 amide bonds. The minimum Gasteiger partial charge on any atom is -0.208 e. The van der Waals surface area contributed by atoms with Crippen LogP contribution in [0.2, 0.25) is 0 Å². The zero-order valence-corrected chi connectivity index (χ0v) is 34.7. The van der Waals surface area contributed by atoms with Crippen molar-refractivity contribution in [2.45, 2.75) is 103 Å². The molecule has 4 aliphatic carbocycles. The molecule has 0 N–H and O–H groups in total. The maximum atomic E-state index is 9.72. The Morgan fingerprint density at radius 1 is 0.483 bits per heavy atom. The second-order valence-corrected chi connectivity index (χ2v) is 19.8. The molecule has 0 spiro atoms. The number of hydrogen-bond acceptors (Lipinski definition) is 4. The van der Waals surface area contributed by atoms with Gasteiger partial charge in [-0.3, -0.25) is 0 Å². The molecule has 4 bridgehead atoms. The van der Waals surface area contributed by atoms with Crippen molar-refractivity contribution in [3.63, 3.8) is 0 Å². The molecule has 4 heteroatoms. The molecule has 4 saturated carbocycles. The summed E-state index contributed by atoms with van der Waals surface area (Å²) in [5.74, 6) is 6.66. The SMILES string of the molecule is C[C@@H]1C[C@@H]2C[C@H](C)CC(c3ccc(-c4nc(-c5ccccc5)nc(-c5cc(-c6cccc7cc(C#N)ccc67)cc(C67C[C@H](C)C[C@H](C[C@H](C)C6)C7)c5)n4)cc3)(C1)C2. The van der Waals surface area contributed by atoms with Crippen LogP contribution in [0.15, 0.2) is 109 Å². The average molecular weight is 761 g/mol. The van der Waals surface area contributed by atoms with Crippen LogP contribution >= 0.6 is 0 Å². The number of aromatic nitrogens is 3. The molecule has 2 unspecified atom stereocenters. The highest BCUT2D eigenvalue weighted by Crippen LogP contribution is 2.56. The molecule has 292 valence electrons. The Hall–Kier alpha value is -5.14. The number of fused-ring (bicyclic) bond motifs is 5. The van der Waals surface area contributed by atoms with Crippen LogP contribution in [-0.4, -0.2) is 15.0 Å². The van der Waals surface area contributed by atoms with Crippen molar-refractivity contribution >= 4 is 10.8 Å². The summed E-state index contributed by atoms with van der Waals surface area (Å²) in [6.45, 7) is 9.87. The Morgan fingerprint density at radius 3 is 1.60 bits per heavy atom. The van der Waals surface area contributed by atoms with Crippen LogP contribution in [0, 0.1) is 46.8 Å². The topological polar surface area (TPSA) is 62.5 Å². The Balaban J connectivity index is 1.14. The van der Waals surface area contributed by atoms with E-state index in [2.05, 4.69) is 131 Å². The largest absolute Gasteiger partial charge is 0.208 e. The smallest absolute Gasteiger partial charge is 0.164 e. The third-order valence-corrected chi connectivity index (χ3v) is 14.8. The van der Waals surface area contributed by atoms with Crippen molar-refractivity contribution in [2.75, 3.05) is 0 Å². The van der Waals surface area contributed by atoms with Crippen molar-refractivity contribution in [3.8, 4) is 51.4 Å². The summed E-state index contributed by atoms with van der Waals surface area (Å²) in [5, 5.41) is 12.0. The molecule has 6 aromatic rings. The van der Waals surface area contributed by atoms with Crippen molar-refractivity contribution in [1.29, 1.82) is 5.26 Å². The summed E-state index contributed by atoms with van der Waals surface area (Å²) < 4.78 is 0. The van der Waals surface area contributed by atoms with Crippen molar-refractivity contribution in [3.05, 3.63) is 126 Å². The van der Waals surface area contributed by atoms with E-state index in [1.807, 2.05) is 12.1 Å². The molecule has 0 radical (unpaired) electrons. The molecule has 4 fully saturated rings. The molecule has 5 aromatic carbocycles. The van der Waals surface area contributed by atoms with Gasteiger partial charge in [0.05, 0.1) is 11.6 Å². The molecule has 4 nitrogen and oxygen atoms in total. The second-order valence-electron chi connectivity index (χ2n) is 19.8. The van der Waals surface area contributed by atoms with Gasteiger partial charge in [-0.25, -0.2) is 15.0 Å². The van der Waals surface area contributed by atoms with E-state index in [9.17, 15) is 5.26 Å². The number of benzene rings is 5. The molecule has 1 heterocycles. The van der Waals surface area contributed by atoms with E-state index >= 15 is 0 Å². The van der Waals surface area contributed by atoms with Gasteiger partial charge in [0, 0.05) is 16.7 Å². The molecule has 8 atom stereocenters. The van der Waals surface area contributed by atoms with Gasteiger partial charge in [0.15, 0.2) is 17.5 Å². The third kappa shape index (κ3) is 6.85. The number of hydrogen-bond donors (Lipinski definition) is 0. The number of nitrogens with zero attached hydrogens (tertiary/aromatic N) is 4. The highest BCUT2D eigenvalue weighted by atomic mass is 15.0. The zero-order valence-electron chi connectivity index (χ0n) is 34.7. The summed E-state index contributed by atoms with van der Waals surface area (Å²) >= 11 is 0. The highest BCUT2D eigenvalue weighted by molar-refractivity contribution is 5.98. The maximum Gasteiger partial charge on any atom is 0.164 e. The average Bonchev–Trinajstić information content (AvgIpc) is 3.22. The summed E-state index contributed by atoms with van der Waals surface area (Å²) in [7, 11) is 0. The maximum absolute atomic E-state index is 9.72. The van der Waals surface area contributed by atoms with Crippen molar-refractivity contribution < 1.29 is 0 Å². The molecule has 0 saturated heterocycles. The van der Waals surface area contributed by atoms with Gasteiger partial charge < -0.3 is 0 Å². The fraction of sp³-hybridized carbons (Fsp3) is 0.407. The third-order valence-electron chi connectivity index (χ3n) is 14.8. The summed E-state index contributed by atoms with van der Waals surface area (Å²) in [6, 6.07) is 41.9. The van der Waals surface area contributed by atoms with E-state index in [-0.39, 0.29) is 10.8 Å². The second kappa shape index (κ2) is 14.6. The Morgan fingerprint density at radius 2 is 1.02 bits per heavy atom. The van der Waals surface area contributed by atoms with Crippen LogP contribution < -0.4 is 0 Å². The monoisotopic (exact) mass is 760 g/mol. The standard InChI is InChI=1S/C54H56N4/c1-34-19-39-20-35(2)28-53(27-34,31-39)46-16-14-42(15-17-46)51-56-50(41-9-6-5-7-10-41)57-52(58-51)45-24-44(48-12-8-11-43-23-38(33-55)13-18-49(43)48)25-47(26-45)54-29-36(3)21-40(32-54)22-37(4)30-54/h5-18,23-26,34-37,39-40H,19-22,27-32H2,1-4H3/t34-,35+,36-,37+,39-,40-,53?,54?. The van der Waals surface area contributed by atoms with Gasteiger partial charge in [0.25, 0.3) is 0 Å². The van der Waals surface area contributed by atoms with Gasteiger partial charge in [0.1, 0.15) is 0 Å². The van der Waals surface area contributed by atoms with Gasteiger partial charge in [-0.2, -0.15) is 5.26 Å². The first-order valence-electron chi connectivity index (χ1n) is 22.2. The van der Waals surface area contributed by atoms with E-state index in [1.165, 1.54) is 86.5 Å². The molecular formula is C54H56N4. The van der Waals surface area contributed by atoms with Gasteiger partial charge in [-0.1, -0.05) is 113 Å². The highest BCUT2D eigenvalue weighted by Gasteiger charge is 2.46. The van der Waals surface area contributed by atoms with E-state index in [0.29, 0.717) is 29.0 Å². The van der Waals surface area contributed by atoms with Gasteiger partial charge in [-0.15, -0.1) is 0 Å². The van der Waals surface area contributed by atoms with Gasteiger partial charge >= 0.3 is 0 Å². The summed E-state index contributed by atoms with van der Waals surface area (Å²) in [6.07, 6.45) is 13.0. The van der Waals surface area contributed by atoms with Crippen molar-refractivity contribution in [1.82, 2.24) is 15.0 Å². The number of rotatable bonds is 6. The first-order valence-corrected chi connectivity index (χ1v) is 22.2. The fourth-order valence-electron chi connectivity index (χ4n) is 13.3. The van der Waals surface area contributed by atoms with Crippen LogP contribution in [0.4, 0.5) is 0 Å². The molecular weight excluding hydrogens is 705 g/mol. The normalized spacial score (nSPS) is 29.2. The first-order chi connectivity index (χ1) is 28.1. The predicted octanol–water partition coefficient (Wildman–Crippen LogP) is 13.8. The lowest BCUT2D eigenvalue weighted by Gasteiger charge is -2.50.